The lowest BCUT2D eigenvalue weighted by Gasteiger charge is -1.98. The van der Waals surface area contributed by atoms with E-state index in [1.807, 2.05) is 36.4 Å². The quantitative estimate of drug-likeness (QED) is 0.546. The lowest BCUT2D eigenvalue weighted by molar-refractivity contribution is 0.0911. The van der Waals surface area contributed by atoms with Crippen molar-refractivity contribution < 1.29 is 14.1 Å². The Morgan fingerprint density at radius 3 is 2.65 bits per heavy atom. The number of methoxy groups -OCH3 is 1. The number of hydrogen-bond donors (Lipinski definition) is 1. The summed E-state index contributed by atoms with van der Waals surface area (Å²) in [5.74, 6) is 0.278. The lowest BCUT2D eigenvalue weighted by Crippen LogP contribution is -2.17. The molecule has 1 heterocycles. The zero-order chi connectivity index (χ0) is 18.2. The van der Waals surface area contributed by atoms with E-state index in [1.54, 1.807) is 37.5 Å². The van der Waals surface area contributed by atoms with Crippen molar-refractivity contribution in [2.24, 2.45) is 5.10 Å². The maximum Gasteiger partial charge on any atom is 0.329 e. The third kappa shape index (κ3) is 4.41. The van der Waals surface area contributed by atoms with Gasteiger partial charge in [-0.1, -0.05) is 41.6 Å². The molecule has 0 saturated carbocycles. The Hall–Kier alpha value is -3.74. The first-order chi connectivity index (χ1) is 12.8. The number of hydrazone groups is 1. The Morgan fingerprint density at radius 1 is 1.15 bits per heavy atom. The van der Waals surface area contributed by atoms with Crippen molar-refractivity contribution >= 4 is 18.2 Å². The number of aromatic nitrogens is 2. The van der Waals surface area contributed by atoms with Gasteiger partial charge in [-0.2, -0.15) is 10.1 Å². The summed E-state index contributed by atoms with van der Waals surface area (Å²) < 4.78 is 10.1. The van der Waals surface area contributed by atoms with Gasteiger partial charge in [-0.25, -0.2) is 5.43 Å². The van der Waals surface area contributed by atoms with Gasteiger partial charge in [0, 0.05) is 11.8 Å². The highest BCUT2D eigenvalue weighted by atomic mass is 16.5. The number of nitrogens with one attached hydrogen (secondary N) is 1. The first-order valence-corrected chi connectivity index (χ1v) is 7.79. The molecular weight excluding hydrogens is 332 g/mol. The summed E-state index contributed by atoms with van der Waals surface area (Å²) in [4.78, 5) is 16.0. The summed E-state index contributed by atoms with van der Waals surface area (Å²) in [6.07, 6.45) is 5.04. The van der Waals surface area contributed by atoms with Crippen molar-refractivity contribution in [2.75, 3.05) is 7.11 Å². The monoisotopic (exact) mass is 348 g/mol. The van der Waals surface area contributed by atoms with Gasteiger partial charge in [0.25, 0.3) is 0 Å². The van der Waals surface area contributed by atoms with Crippen molar-refractivity contribution in [2.45, 2.75) is 0 Å². The molecule has 2 aromatic carbocycles. The first-order valence-electron chi connectivity index (χ1n) is 7.79. The van der Waals surface area contributed by atoms with Gasteiger partial charge in [-0.3, -0.25) is 4.79 Å². The predicted octanol–water partition coefficient (Wildman–Crippen LogP) is 3.17. The molecule has 1 amide bonds. The second-order valence-corrected chi connectivity index (χ2v) is 5.14. The van der Waals surface area contributed by atoms with Gasteiger partial charge in [0.05, 0.1) is 7.11 Å². The SMILES string of the molecule is COc1ccc(-c2noc(C(=O)N/N=C/C=C/c3ccccc3)n2)cc1. The predicted molar refractivity (Wildman–Crippen MR) is 97.7 cm³/mol. The Morgan fingerprint density at radius 2 is 1.92 bits per heavy atom. The van der Waals surface area contributed by atoms with Crippen LogP contribution in [0.1, 0.15) is 16.2 Å². The number of nitrogens with zero attached hydrogens (tertiary/aromatic N) is 3. The van der Waals surface area contributed by atoms with Crippen molar-refractivity contribution in [3.8, 4) is 17.1 Å². The van der Waals surface area contributed by atoms with Crippen LogP contribution in [0.15, 0.2) is 70.3 Å². The fraction of sp³-hybridized carbons (Fsp3) is 0.0526. The molecule has 0 fully saturated rings. The second-order valence-electron chi connectivity index (χ2n) is 5.14. The van der Waals surface area contributed by atoms with Crippen LogP contribution in [0.25, 0.3) is 17.5 Å². The van der Waals surface area contributed by atoms with Crippen molar-refractivity contribution in [1.29, 1.82) is 0 Å². The van der Waals surface area contributed by atoms with E-state index in [2.05, 4.69) is 20.7 Å². The summed E-state index contributed by atoms with van der Waals surface area (Å²) in [5, 5.41) is 7.61. The van der Waals surface area contributed by atoms with E-state index in [4.69, 9.17) is 9.26 Å². The highest BCUT2D eigenvalue weighted by Gasteiger charge is 2.15. The Bertz CT molecular complexity index is 915. The van der Waals surface area contributed by atoms with Crippen LogP contribution >= 0.6 is 0 Å². The highest BCUT2D eigenvalue weighted by molar-refractivity contribution is 5.90. The molecule has 7 heteroatoms. The van der Waals surface area contributed by atoms with Crippen LogP contribution in [0.3, 0.4) is 0 Å². The summed E-state index contributed by atoms with van der Waals surface area (Å²) in [6.45, 7) is 0. The molecule has 130 valence electrons. The van der Waals surface area contributed by atoms with E-state index >= 15 is 0 Å². The topological polar surface area (TPSA) is 89.6 Å². The molecule has 1 aromatic heterocycles. The van der Waals surface area contributed by atoms with E-state index in [-0.39, 0.29) is 5.89 Å². The van der Waals surface area contributed by atoms with Gasteiger partial charge < -0.3 is 9.26 Å². The van der Waals surface area contributed by atoms with Crippen LogP contribution in [0, 0.1) is 0 Å². The molecule has 7 nitrogen and oxygen atoms in total. The molecular formula is C19H16N4O3. The molecule has 0 saturated heterocycles. The fourth-order valence-corrected chi connectivity index (χ4v) is 2.08. The van der Waals surface area contributed by atoms with Crippen LogP contribution in [-0.2, 0) is 0 Å². The van der Waals surface area contributed by atoms with Gasteiger partial charge in [0.1, 0.15) is 5.75 Å². The number of ether oxygens (including phenoxy) is 1. The van der Waals surface area contributed by atoms with Crippen molar-refractivity contribution in [3.05, 3.63) is 72.1 Å². The van der Waals surface area contributed by atoms with Gasteiger partial charge in [-0.05, 0) is 35.9 Å². The standard InChI is InChI=1S/C19H16N4O3/c1-25-16-11-9-15(10-12-16)17-21-19(26-23-17)18(24)22-20-13-5-8-14-6-3-2-4-7-14/h2-13H,1H3,(H,22,24)/b8-5+,20-13+. The van der Waals surface area contributed by atoms with Crippen LogP contribution in [-0.4, -0.2) is 29.4 Å². The van der Waals surface area contributed by atoms with Crippen LogP contribution in [0.5, 0.6) is 5.75 Å². The second kappa shape index (κ2) is 8.39. The first kappa shape index (κ1) is 17.1. The van der Waals surface area contributed by atoms with Crippen molar-refractivity contribution in [3.63, 3.8) is 0 Å². The zero-order valence-electron chi connectivity index (χ0n) is 14.0. The highest BCUT2D eigenvalue weighted by Crippen LogP contribution is 2.19. The van der Waals surface area contributed by atoms with Gasteiger partial charge in [-0.15, -0.1) is 0 Å². The molecule has 3 rings (SSSR count). The molecule has 26 heavy (non-hydrogen) atoms. The summed E-state index contributed by atoms with van der Waals surface area (Å²) in [7, 11) is 1.58. The Kier molecular flexibility index (Phi) is 5.51. The molecule has 1 N–H and O–H groups in total. The molecule has 0 radical (unpaired) electrons. The largest absolute Gasteiger partial charge is 0.497 e. The van der Waals surface area contributed by atoms with Gasteiger partial charge in [0.15, 0.2) is 0 Å². The zero-order valence-corrected chi connectivity index (χ0v) is 14.0. The normalized spacial score (nSPS) is 11.1. The number of carbonyl (C=O) groups is 1. The third-order valence-electron chi connectivity index (χ3n) is 3.38. The van der Waals surface area contributed by atoms with E-state index in [1.165, 1.54) is 6.21 Å². The lowest BCUT2D eigenvalue weighted by atomic mass is 10.2. The van der Waals surface area contributed by atoms with E-state index in [0.29, 0.717) is 17.1 Å². The fourth-order valence-electron chi connectivity index (χ4n) is 2.08. The van der Waals surface area contributed by atoms with E-state index in [0.717, 1.165) is 5.56 Å². The molecule has 0 aliphatic heterocycles. The summed E-state index contributed by atoms with van der Waals surface area (Å²) in [6, 6.07) is 16.8. The molecule has 0 spiro atoms. The number of hydrogen-bond acceptors (Lipinski definition) is 6. The average molecular weight is 348 g/mol. The number of allylic oxidation sites excluding steroid dienone is 1. The summed E-state index contributed by atoms with van der Waals surface area (Å²) >= 11 is 0. The summed E-state index contributed by atoms with van der Waals surface area (Å²) in [5.41, 5.74) is 4.08. The molecule has 0 unspecified atom stereocenters. The third-order valence-corrected chi connectivity index (χ3v) is 3.38. The smallest absolute Gasteiger partial charge is 0.329 e. The minimum atomic E-state index is -0.582. The molecule has 0 aliphatic carbocycles. The van der Waals surface area contributed by atoms with Crippen LogP contribution in [0.2, 0.25) is 0 Å². The number of benzene rings is 2. The molecule has 3 aromatic rings. The molecule has 0 bridgehead atoms. The maximum atomic E-state index is 12.0. The Labute approximate surface area is 150 Å². The molecule has 0 atom stereocenters. The number of carbonyl (C=O) groups excluding carboxylic acids is 1. The number of rotatable bonds is 6. The maximum absolute atomic E-state index is 12.0. The van der Waals surface area contributed by atoms with Crippen LogP contribution < -0.4 is 10.2 Å². The van der Waals surface area contributed by atoms with Gasteiger partial charge in [0.2, 0.25) is 5.82 Å². The van der Waals surface area contributed by atoms with E-state index in [9.17, 15) is 4.79 Å². The Balaban J connectivity index is 1.57. The van der Waals surface area contributed by atoms with E-state index < -0.39 is 5.91 Å². The molecule has 0 aliphatic rings. The number of amides is 1. The van der Waals surface area contributed by atoms with Crippen LogP contribution in [0.4, 0.5) is 0 Å². The minimum absolute atomic E-state index is 0.167. The minimum Gasteiger partial charge on any atom is -0.497 e. The van der Waals surface area contributed by atoms with Gasteiger partial charge >= 0.3 is 11.8 Å². The van der Waals surface area contributed by atoms with Crippen molar-refractivity contribution in [1.82, 2.24) is 15.6 Å². The average Bonchev–Trinajstić information content (AvgIpc) is 3.19.